The Morgan fingerprint density at radius 2 is 2.34 bits per heavy atom. The van der Waals surface area contributed by atoms with Crippen LogP contribution in [0.3, 0.4) is 0 Å². The number of anilines is 1. The fraction of sp³-hybridized carbons (Fsp3) is 0.278. The quantitative estimate of drug-likeness (QED) is 0.210. The number of fused-ring (bicyclic) bond motifs is 1. The second kappa shape index (κ2) is 9.26. The minimum absolute atomic E-state index is 0.0543. The molecule has 1 unspecified atom stereocenters. The number of thiazole rings is 1. The molecule has 0 saturated carbocycles. The molecule has 2 aliphatic heterocycles. The number of aromatic nitrogens is 1. The van der Waals surface area contributed by atoms with E-state index in [9.17, 15) is 19.5 Å². The summed E-state index contributed by atoms with van der Waals surface area (Å²) in [6.45, 7) is 0. The first-order valence-corrected chi connectivity index (χ1v) is 12.0. The number of carboxylic acid groups (broad SMARTS) is 1. The lowest BCUT2D eigenvalue weighted by Gasteiger charge is -2.49. The lowest BCUT2D eigenvalue weighted by molar-refractivity contribution is -0.150. The van der Waals surface area contributed by atoms with Crippen molar-refractivity contribution in [1.82, 2.24) is 15.2 Å². The number of nitrogens with zero attached hydrogens (tertiary/aromatic N) is 3. The van der Waals surface area contributed by atoms with Crippen LogP contribution in [0.1, 0.15) is 5.69 Å². The number of oxime groups is 1. The van der Waals surface area contributed by atoms with E-state index in [2.05, 4.69) is 15.5 Å². The van der Waals surface area contributed by atoms with Crippen LogP contribution in [0.25, 0.3) is 0 Å². The number of hydrogen-bond acceptors (Lipinski definition) is 11. The molecule has 2 amide bonds. The Morgan fingerprint density at radius 1 is 1.53 bits per heavy atom. The van der Waals surface area contributed by atoms with Gasteiger partial charge in [0.2, 0.25) is 0 Å². The SMILES string of the molecule is CO/N=C(\C(=O)NC1C(=O)N2C(C(=O)O)=C(CSc3ccco3)CS[C@@H]12)c1csc(N)n1. The highest BCUT2D eigenvalue weighted by atomic mass is 32.2. The van der Waals surface area contributed by atoms with Crippen molar-refractivity contribution in [2.75, 3.05) is 24.3 Å². The van der Waals surface area contributed by atoms with Gasteiger partial charge in [0.05, 0.1) is 6.26 Å². The van der Waals surface area contributed by atoms with E-state index in [1.54, 1.807) is 17.5 Å². The van der Waals surface area contributed by atoms with E-state index in [1.807, 2.05) is 0 Å². The van der Waals surface area contributed by atoms with Crippen LogP contribution in [0.4, 0.5) is 5.13 Å². The van der Waals surface area contributed by atoms with Gasteiger partial charge in [-0.05, 0) is 17.7 Å². The number of amides is 2. The summed E-state index contributed by atoms with van der Waals surface area (Å²) in [5, 5.41) is 18.0. The van der Waals surface area contributed by atoms with Gasteiger partial charge in [-0.15, -0.1) is 23.1 Å². The lowest BCUT2D eigenvalue weighted by Crippen LogP contribution is -2.71. The summed E-state index contributed by atoms with van der Waals surface area (Å²) in [6.07, 6.45) is 1.54. The minimum Gasteiger partial charge on any atom is -0.477 e. The van der Waals surface area contributed by atoms with E-state index in [-0.39, 0.29) is 22.2 Å². The summed E-state index contributed by atoms with van der Waals surface area (Å²) in [6, 6.07) is 2.62. The van der Waals surface area contributed by atoms with Crippen LogP contribution in [0.15, 0.2) is 49.7 Å². The third-order valence-corrected chi connectivity index (χ3v) is 7.61. The van der Waals surface area contributed by atoms with Gasteiger partial charge in [0.1, 0.15) is 29.9 Å². The smallest absolute Gasteiger partial charge is 0.352 e. The Balaban J connectivity index is 1.49. The number of nitrogens with one attached hydrogen (secondary N) is 1. The first kappa shape index (κ1) is 22.2. The molecular weight excluding hydrogens is 478 g/mol. The van der Waals surface area contributed by atoms with Crippen LogP contribution in [0, 0.1) is 0 Å². The summed E-state index contributed by atoms with van der Waals surface area (Å²) >= 11 is 3.86. The standard InChI is InChI=1S/C18H17N5O6S3/c1-28-22-11(9-7-32-18(19)20-9)14(24)21-12-15(25)23-13(17(26)27)8(6-31-16(12)23)5-30-10-3-2-4-29-10/h2-4,7,12,16H,5-6H2,1H3,(H2,19,20)(H,21,24)(H,26,27)/b22-11-/t12?,16-/m0/s1. The number of rotatable bonds is 8. The molecular formula is C18H17N5O6S3. The summed E-state index contributed by atoms with van der Waals surface area (Å²) in [5.74, 6) is -1.61. The van der Waals surface area contributed by atoms with Crippen LogP contribution in [0.2, 0.25) is 0 Å². The number of nitrogen functional groups attached to an aromatic ring is 1. The lowest BCUT2D eigenvalue weighted by atomic mass is 10.0. The predicted octanol–water partition coefficient (Wildman–Crippen LogP) is 1.20. The van der Waals surface area contributed by atoms with Crippen molar-refractivity contribution >= 4 is 63.5 Å². The van der Waals surface area contributed by atoms with Gasteiger partial charge in [0.15, 0.2) is 15.9 Å². The van der Waals surface area contributed by atoms with Crippen LogP contribution in [-0.2, 0) is 19.2 Å². The number of hydrogen-bond donors (Lipinski definition) is 3. The molecule has 168 valence electrons. The summed E-state index contributed by atoms with van der Waals surface area (Å²) in [5.41, 5.74) is 6.27. The van der Waals surface area contributed by atoms with Crippen molar-refractivity contribution in [2.24, 2.45) is 5.16 Å². The molecule has 1 fully saturated rings. The molecule has 2 aromatic heterocycles. The summed E-state index contributed by atoms with van der Waals surface area (Å²) < 4.78 is 5.27. The number of carbonyl (C=O) groups excluding carboxylic acids is 2. The van der Waals surface area contributed by atoms with Crippen LogP contribution in [-0.4, -0.2) is 68.5 Å². The van der Waals surface area contributed by atoms with Crippen molar-refractivity contribution in [3.05, 3.63) is 40.7 Å². The number of β-lactam (4-membered cyclic amide) rings is 1. The van der Waals surface area contributed by atoms with Gasteiger partial charge in [-0.25, -0.2) is 9.78 Å². The molecule has 0 radical (unpaired) electrons. The zero-order chi connectivity index (χ0) is 22.8. The third kappa shape index (κ3) is 4.20. The van der Waals surface area contributed by atoms with Gasteiger partial charge < -0.3 is 25.4 Å². The maximum absolute atomic E-state index is 12.8. The highest BCUT2D eigenvalue weighted by Crippen LogP contribution is 2.41. The normalized spacial score (nSPS) is 20.6. The number of carbonyl (C=O) groups is 3. The van der Waals surface area contributed by atoms with Crippen molar-refractivity contribution in [3.8, 4) is 0 Å². The average molecular weight is 496 g/mol. The second-order valence-electron chi connectivity index (χ2n) is 6.53. The van der Waals surface area contributed by atoms with Gasteiger partial charge in [-0.2, -0.15) is 0 Å². The number of carboxylic acids is 1. The van der Waals surface area contributed by atoms with Gasteiger partial charge in [0, 0.05) is 16.9 Å². The highest BCUT2D eigenvalue weighted by molar-refractivity contribution is 8.01. The Labute approximate surface area is 194 Å². The molecule has 2 aliphatic rings. The second-order valence-corrected chi connectivity index (χ2v) is 9.51. The molecule has 14 heteroatoms. The molecule has 0 bridgehead atoms. The van der Waals surface area contributed by atoms with Crippen molar-refractivity contribution in [3.63, 3.8) is 0 Å². The van der Waals surface area contributed by atoms with Gasteiger partial charge >= 0.3 is 5.97 Å². The number of thioether (sulfide) groups is 2. The van der Waals surface area contributed by atoms with E-state index in [4.69, 9.17) is 15.0 Å². The first-order valence-electron chi connectivity index (χ1n) is 9.10. The Bertz CT molecular complexity index is 1110. The van der Waals surface area contributed by atoms with Gasteiger partial charge in [-0.1, -0.05) is 16.9 Å². The van der Waals surface area contributed by atoms with Gasteiger partial charge in [0.25, 0.3) is 11.8 Å². The van der Waals surface area contributed by atoms with Crippen molar-refractivity contribution in [2.45, 2.75) is 16.5 Å². The Kier molecular flexibility index (Phi) is 6.43. The summed E-state index contributed by atoms with van der Waals surface area (Å²) in [7, 11) is 1.28. The molecule has 4 N–H and O–H groups in total. The largest absolute Gasteiger partial charge is 0.477 e. The Hall–Kier alpha value is -2.97. The average Bonchev–Trinajstić information content (AvgIpc) is 3.45. The Morgan fingerprint density at radius 3 is 2.97 bits per heavy atom. The third-order valence-electron chi connectivity index (χ3n) is 4.58. The minimum atomic E-state index is -1.19. The molecule has 1 saturated heterocycles. The number of furan rings is 1. The number of nitrogens with two attached hydrogens (primary N) is 1. The fourth-order valence-electron chi connectivity index (χ4n) is 3.20. The molecule has 0 spiro atoms. The highest BCUT2D eigenvalue weighted by Gasteiger charge is 2.54. The van der Waals surface area contributed by atoms with Crippen LogP contribution < -0.4 is 11.1 Å². The van der Waals surface area contributed by atoms with E-state index in [0.29, 0.717) is 22.2 Å². The van der Waals surface area contributed by atoms with E-state index < -0.39 is 29.2 Å². The summed E-state index contributed by atoms with van der Waals surface area (Å²) in [4.78, 5) is 47.5. The first-order chi connectivity index (χ1) is 15.4. The predicted molar refractivity (Wildman–Crippen MR) is 119 cm³/mol. The van der Waals surface area contributed by atoms with Crippen LogP contribution >= 0.6 is 34.9 Å². The fourth-order valence-corrected chi connectivity index (χ4v) is 6.08. The molecule has 4 heterocycles. The molecule has 2 atom stereocenters. The molecule has 0 aliphatic carbocycles. The zero-order valence-electron chi connectivity index (χ0n) is 16.5. The topological polar surface area (TPSA) is 160 Å². The van der Waals surface area contributed by atoms with Crippen molar-refractivity contribution < 1.29 is 28.7 Å². The zero-order valence-corrected chi connectivity index (χ0v) is 19.0. The maximum Gasteiger partial charge on any atom is 0.352 e. The molecule has 4 rings (SSSR count). The molecule has 11 nitrogen and oxygen atoms in total. The molecule has 2 aromatic rings. The monoisotopic (exact) mass is 495 g/mol. The van der Waals surface area contributed by atoms with Crippen LogP contribution in [0.5, 0.6) is 0 Å². The van der Waals surface area contributed by atoms with Crippen molar-refractivity contribution in [1.29, 1.82) is 0 Å². The molecule has 0 aromatic carbocycles. The molecule has 32 heavy (non-hydrogen) atoms. The maximum atomic E-state index is 12.8. The van der Waals surface area contributed by atoms with E-state index >= 15 is 0 Å². The van der Waals surface area contributed by atoms with E-state index in [0.717, 1.165) is 11.3 Å². The number of aliphatic carboxylic acids is 1. The van der Waals surface area contributed by atoms with E-state index in [1.165, 1.54) is 41.8 Å². The van der Waals surface area contributed by atoms with Gasteiger partial charge in [-0.3, -0.25) is 14.5 Å².